The van der Waals surface area contributed by atoms with Crippen molar-refractivity contribution in [1.29, 1.82) is 0 Å². The van der Waals surface area contributed by atoms with Gasteiger partial charge in [0.15, 0.2) is 0 Å². The lowest BCUT2D eigenvalue weighted by atomic mass is 9.99. The van der Waals surface area contributed by atoms with E-state index in [0.29, 0.717) is 6.04 Å². The summed E-state index contributed by atoms with van der Waals surface area (Å²) in [5.41, 5.74) is 5.16. The summed E-state index contributed by atoms with van der Waals surface area (Å²) in [6, 6.07) is 0.737. The predicted octanol–water partition coefficient (Wildman–Crippen LogP) is -1.20. The molecule has 2 amide bonds. The van der Waals surface area contributed by atoms with Gasteiger partial charge >= 0.3 is 0 Å². The summed E-state index contributed by atoms with van der Waals surface area (Å²) in [5.74, 6) is -0.412. The Balaban J connectivity index is 1.75. The number of amides is 2. The molecule has 102 valence electrons. The van der Waals surface area contributed by atoms with Gasteiger partial charge < -0.3 is 16.4 Å². The second-order valence-corrected chi connectivity index (χ2v) is 5.04. The molecule has 0 aromatic heterocycles. The molecule has 2 heterocycles. The summed E-state index contributed by atoms with van der Waals surface area (Å²) in [6.45, 7) is 2.18. The number of hydrogen-bond donors (Lipinski definition) is 3. The van der Waals surface area contributed by atoms with Crippen LogP contribution < -0.4 is 16.4 Å². The number of nitrogens with two attached hydrogens (primary N) is 1. The SMILES string of the molecule is NCC(=O)NCC(=O)NC1CCN2CCCCC12. The fraction of sp³-hybridized carbons (Fsp3) is 0.833. The molecule has 0 aliphatic carbocycles. The molecule has 6 heteroatoms. The molecule has 2 saturated heterocycles. The van der Waals surface area contributed by atoms with Crippen LogP contribution in [0, 0.1) is 0 Å². The standard InChI is InChI=1S/C12H22N4O2/c13-7-11(17)14-8-12(18)15-9-4-6-16-5-2-1-3-10(9)16/h9-10H,1-8,13H2,(H,14,17)(H,15,18). The molecule has 2 aliphatic heterocycles. The molecule has 0 spiro atoms. The number of nitrogens with zero attached hydrogens (tertiary/aromatic N) is 1. The first kappa shape index (κ1) is 13.3. The number of rotatable bonds is 4. The van der Waals surface area contributed by atoms with Gasteiger partial charge in [-0.05, 0) is 25.8 Å². The van der Waals surface area contributed by atoms with E-state index in [1.54, 1.807) is 0 Å². The number of hydrogen-bond acceptors (Lipinski definition) is 4. The minimum atomic E-state index is -0.295. The third-order valence-corrected chi connectivity index (χ3v) is 3.83. The zero-order chi connectivity index (χ0) is 13.0. The molecule has 6 nitrogen and oxygen atoms in total. The van der Waals surface area contributed by atoms with Crippen molar-refractivity contribution in [2.75, 3.05) is 26.2 Å². The highest BCUT2D eigenvalue weighted by Crippen LogP contribution is 2.26. The topological polar surface area (TPSA) is 87.5 Å². The maximum absolute atomic E-state index is 11.7. The normalized spacial score (nSPS) is 27.6. The van der Waals surface area contributed by atoms with Crippen molar-refractivity contribution in [1.82, 2.24) is 15.5 Å². The number of nitrogens with one attached hydrogen (secondary N) is 2. The summed E-state index contributed by atoms with van der Waals surface area (Å²) in [5, 5.41) is 5.51. The molecule has 2 atom stereocenters. The van der Waals surface area contributed by atoms with Crippen molar-refractivity contribution in [3.63, 3.8) is 0 Å². The van der Waals surface area contributed by atoms with Gasteiger partial charge in [-0.2, -0.15) is 0 Å². The molecule has 18 heavy (non-hydrogen) atoms. The molecule has 2 rings (SSSR count). The van der Waals surface area contributed by atoms with Gasteiger partial charge in [0.25, 0.3) is 0 Å². The minimum Gasteiger partial charge on any atom is -0.350 e. The molecule has 4 N–H and O–H groups in total. The molecule has 0 bridgehead atoms. The second-order valence-electron chi connectivity index (χ2n) is 5.04. The fourth-order valence-electron chi connectivity index (χ4n) is 2.92. The van der Waals surface area contributed by atoms with Crippen LogP contribution in [0.1, 0.15) is 25.7 Å². The number of carbonyl (C=O) groups excluding carboxylic acids is 2. The number of piperidine rings is 1. The van der Waals surface area contributed by atoms with E-state index in [1.165, 1.54) is 19.3 Å². The van der Waals surface area contributed by atoms with Gasteiger partial charge in [-0.25, -0.2) is 0 Å². The molecule has 0 aromatic rings. The van der Waals surface area contributed by atoms with Crippen LogP contribution in [-0.4, -0.2) is 55.0 Å². The Morgan fingerprint density at radius 2 is 2.00 bits per heavy atom. The summed E-state index contributed by atoms with van der Waals surface area (Å²) in [7, 11) is 0. The first-order chi connectivity index (χ1) is 8.70. The van der Waals surface area contributed by atoms with Gasteiger partial charge in [0, 0.05) is 18.6 Å². The highest BCUT2D eigenvalue weighted by molar-refractivity contribution is 5.85. The largest absolute Gasteiger partial charge is 0.350 e. The Labute approximate surface area is 107 Å². The van der Waals surface area contributed by atoms with Crippen molar-refractivity contribution in [2.24, 2.45) is 5.73 Å². The fourth-order valence-corrected chi connectivity index (χ4v) is 2.92. The van der Waals surface area contributed by atoms with Crippen LogP contribution in [0.2, 0.25) is 0 Å². The molecule has 0 radical (unpaired) electrons. The Hall–Kier alpha value is -1.14. The maximum Gasteiger partial charge on any atom is 0.239 e. The average Bonchev–Trinajstić information content (AvgIpc) is 2.79. The lowest BCUT2D eigenvalue weighted by Gasteiger charge is -2.32. The van der Waals surface area contributed by atoms with E-state index in [-0.39, 0.29) is 30.9 Å². The molecular weight excluding hydrogens is 232 g/mol. The molecule has 0 aromatic carbocycles. The van der Waals surface area contributed by atoms with Gasteiger partial charge in [-0.15, -0.1) is 0 Å². The Bertz CT molecular complexity index is 321. The average molecular weight is 254 g/mol. The van der Waals surface area contributed by atoms with E-state index in [9.17, 15) is 9.59 Å². The van der Waals surface area contributed by atoms with Crippen LogP contribution in [0.15, 0.2) is 0 Å². The first-order valence-electron chi connectivity index (χ1n) is 6.71. The lowest BCUT2D eigenvalue weighted by molar-refractivity contribution is -0.125. The van der Waals surface area contributed by atoms with E-state index in [2.05, 4.69) is 15.5 Å². The van der Waals surface area contributed by atoms with E-state index >= 15 is 0 Å². The Kier molecular flexibility index (Phi) is 4.54. The van der Waals surface area contributed by atoms with Gasteiger partial charge in [-0.3, -0.25) is 14.5 Å². The third kappa shape index (κ3) is 3.20. The van der Waals surface area contributed by atoms with Crippen molar-refractivity contribution < 1.29 is 9.59 Å². The van der Waals surface area contributed by atoms with E-state index in [0.717, 1.165) is 19.5 Å². The first-order valence-corrected chi connectivity index (χ1v) is 6.71. The van der Waals surface area contributed by atoms with Crippen molar-refractivity contribution in [3.8, 4) is 0 Å². The number of fused-ring (bicyclic) bond motifs is 1. The quantitative estimate of drug-likeness (QED) is 0.588. The Morgan fingerprint density at radius 1 is 1.17 bits per heavy atom. The monoisotopic (exact) mass is 254 g/mol. The van der Waals surface area contributed by atoms with Crippen LogP contribution in [0.5, 0.6) is 0 Å². The minimum absolute atomic E-state index is 0.0270. The van der Waals surface area contributed by atoms with Gasteiger partial charge in [0.2, 0.25) is 11.8 Å². The zero-order valence-electron chi connectivity index (χ0n) is 10.7. The summed E-state index contributed by atoms with van der Waals surface area (Å²) in [6.07, 6.45) is 4.70. The van der Waals surface area contributed by atoms with Crippen LogP contribution in [0.4, 0.5) is 0 Å². The van der Waals surface area contributed by atoms with Gasteiger partial charge in [0.05, 0.1) is 13.1 Å². The van der Waals surface area contributed by atoms with Crippen LogP contribution in [0.25, 0.3) is 0 Å². The number of carbonyl (C=O) groups is 2. The molecule has 2 unspecified atom stereocenters. The van der Waals surface area contributed by atoms with Crippen LogP contribution in [0.3, 0.4) is 0 Å². The molecular formula is C12H22N4O2. The summed E-state index contributed by atoms with van der Waals surface area (Å²) < 4.78 is 0. The van der Waals surface area contributed by atoms with Gasteiger partial charge in [0.1, 0.15) is 0 Å². The zero-order valence-corrected chi connectivity index (χ0v) is 10.7. The smallest absolute Gasteiger partial charge is 0.239 e. The van der Waals surface area contributed by atoms with Gasteiger partial charge in [-0.1, -0.05) is 6.42 Å². The van der Waals surface area contributed by atoms with Crippen LogP contribution >= 0.6 is 0 Å². The van der Waals surface area contributed by atoms with E-state index < -0.39 is 0 Å². The Morgan fingerprint density at radius 3 is 2.78 bits per heavy atom. The maximum atomic E-state index is 11.7. The van der Waals surface area contributed by atoms with E-state index in [4.69, 9.17) is 5.73 Å². The molecule has 0 saturated carbocycles. The molecule has 2 aliphatic rings. The second kappa shape index (κ2) is 6.15. The van der Waals surface area contributed by atoms with Crippen LogP contribution in [-0.2, 0) is 9.59 Å². The summed E-state index contributed by atoms with van der Waals surface area (Å²) in [4.78, 5) is 25.1. The summed E-state index contributed by atoms with van der Waals surface area (Å²) >= 11 is 0. The van der Waals surface area contributed by atoms with E-state index in [1.807, 2.05) is 0 Å². The third-order valence-electron chi connectivity index (χ3n) is 3.83. The lowest BCUT2D eigenvalue weighted by Crippen LogP contribution is -2.49. The highest BCUT2D eigenvalue weighted by Gasteiger charge is 2.35. The molecule has 2 fully saturated rings. The van der Waals surface area contributed by atoms with Crippen molar-refractivity contribution >= 4 is 11.8 Å². The van der Waals surface area contributed by atoms with Crippen molar-refractivity contribution in [3.05, 3.63) is 0 Å². The highest BCUT2D eigenvalue weighted by atomic mass is 16.2. The van der Waals surface area contributed by atoms with Crippen molar-refractivity contribution in [2.45, 2.75) is 37.8 Å². The predicted molar refractivity (Wildman–Crippen MR) is 67.8 cm³/mol.